The summed E-state index contributed by atoms with van der Waals surface area (Å²) in [4.78, 5) is 25.3. The number of carbonyl (C=O) groups excluding carboxylic acids is 2. The lowest BCUT2D eigenvalue weighted by Crippen LogP contribution is -2.33. The first kappa shape index (κ1) is 18.8. The molecule has 0 saturated heterocycles. The number of carbonyl (C=O) groups is 2. The molecule has 0 saturated carbocycles. The monoisotopic (exact) mass is 353 g/mol. The van der Waals surface area contributed by atoms with E-state index in [0.717, 1.165) is 0 Å². The summed E-state index contributed by atoms with van der Waals surface area (Å²) in [7, 11) is 0. The Morgan fingerprint density at radius 3 is 2.54 bits per heavy atom. The predicted octanol–water partition coefficient (Wildman–Crippen LogP) is 4.17. The van der Waals surface area contributed by atoms with E-state index in [1.165, 1.54) is 11.0 Å². The van der Waals surface area contributed by atoms with Crippen LogP contribution in [0.4, 0.5) is 21.0 Å². The smallest absolute Gasteiger partial charge is 0.420 e. The zero-order valence-electron chi connectivity index (χ0n) is 14.5. The third-order valence-corrected chi connectivity index (χ3v) is 3.15. The van der Waals surface area contributed by atoms with Crippen LogP contribution in [0.2, 0.25) is 0 Å². The maximum Gasteiger partial charge on any atom is 0.420 e. The minimum Gasteiger partial charge on any atom is -0.447 e. The first-order valence-corrected chi connectivity index (χ1v) is 7.98. The van der Waals surface area contributed by atoms with Crippen LogP contribution in [0.5, 0.6) is 5.75 Å². The summed E-state index contributed by atoms with van der Waals surface area (Å²) in [6, 6.07) is 17.0. The highest BCUT2D eigenvalue weighted by Crippen LogP contribution is 2.20. The topological polar surface area (TPSA) is 91.7 Å². The van der Waals surface area contributed by atoms with Crippen LogP contribution in [-0.4, -0.2) is 24.8 Å². The number of benzene rings is 2. The number of nitrogens with zero attached hydrogens (tertiary/aromatic N) is 2. The molecule has 0 atom stereocenters. The summed E-state index contributed by atoms with van der Waals surface area (Å²) in [5.74, 6) is 0.233. The molecule has 0 aliphatic heterocycles. The summed E-state index contributed by atoms with van der Waals surface area (Å²) in [5, 5.41) is 11.5. The second-order valence-corrected chi connectivity index (χ2v) is 5.55. The first-order valence-electron chi connectivity index (χ1n) is 7.98. The number of para-hydroxylation sites is 1. The van der Waals surface area contributed by atoms with Gasteiger partial charge in [-0.3, -0.25) is 10.2 Å². The molecule has 7 nitrogen and oxygen atoms in total. The largest absolute Gasteiger partial charge is 0.447 e. The van der Waals surface area contributed by atoms with Crippen LogP contribution in [0.25, 0.3) is 0 Å². The van der Waals surface area contributed by atoms with Crippen molar-refractivity contribution in [3.8, 4) is 11.8 Å². The van der Waals surface area contributed by atoms with E-state index in [9.17, 15) is 9.59 Å². The third-order valence-electron chi connectivity index (χ3n) is 3.15. The average molecular weight is 353 g/mol. The van der Waals surface area contributed by atoms with Gasteiger partial charge in [-0.05, 0) is 38.1 Å². The summed E-state index contributed by atoms with van der Waals surface area (Å²) >= 11 is 0. The molecule has 2 aromatic rings. The van der Waals surface area contributed by atoms with E-state index < -0.39 is 12.2 Å². The minimum absolute atomic E-state index is 0.151. The SMILES string of the molecule is CC(C)OC(=O)Nc1cccc(OC(=O)N(CC#N)c2ccccc2)c1. The second kappa shape index (κ2) is 9.08. The van der Waals surface area contributed by atoms with Gasteiger partial charge in [-0.2, -0.15) is 5.26 Å². The van der Waals surface area contributed by atoms with Gasteiger partial charge in [0.15, 0.2) is 0 Å². The molecular weight excluding hydrogens is 334 g/mol. The van der Waals surface area contributed by atoms with Crippen molar-refractivity contribution in [2.75, 3.05) is 16.8 Å². The van der Waals surface area contributed by atoms with E-state index >= 15 is 0 Å². The lowest BCUT2D eigenvalue weighted by Gasteiger charge is -2.19. The molecule has 2 aromatic carbocycles. The molecule has 0 heterocycles. The van der Waals surface area contributed by atoms with Gasteiger partial charge in [-0.25, -0.2) is 9.59 Å². The van der Waals surface area contributed by atoms with Gasteiger partial charge in [0.05, 0.1) is 12.2 Å². The van der Waals surface area contributed by atoms with Gasteiger partial charge in [0.1, 0.15) is 12.3 Å². The molecule has 0 unspecified atom stereocenters. The Kier molecular flexibility index (Phi) is 6.57. The van der Waals surface area contributed by atoms with Crippen molar-refractivity contribution in [3.05, 3.63) is 54.6 Å². The Morgan fingerprint density at radius 1 is 1.15 bits per heavy atom. The van der Waals surface area contributed by atoms with Crippen LogP contribution in [0.1, 0.15) is 13.8 Å². The minimum atomic E-state index is -0.695. The van der Waals surface area contributed by atoms with E-state index in [0.29, 0.717) is 11.4 Å². The standard InChI is InChI=1S/C19H19N3O4/c1-14(2)25-18(23)21-15-7-6-10-17(13-15)26-19(24)22(12-11-20)16-8-4-3-5-9-16/h3-10,13-14H,12H2,1-2H3,(H,21,23). The quantitative estimate of drug-likeness (QED) is 0.815. The second-order valence-electron chi connectivity index (χ2n) is 5.55. The number of hydrogen-bond acceptors (Lipinski definition) is 5. The normalized spacial score (nSPS) is 9.92. The molecule has 0 radical (unpaired) electrons. The maximum absolute atomic E-state index is 12.4. The Bertz CT molecular complexity index is 800. The maximum atomic E-state index is 12.4. The summed E-state index contributed by atoms with van der Waals surface area (Å²) < 4.78 is 10.3. The predicted molar refractivity (Wildman–Crippen MR) is 97.1 cm³/mol. The lowest BCUT2D eigenvalue weighted by molar-refractivity contribution is 0.130. The van der Waals surface area contributed by atoms with Crippen molar-refractivity contribution >= 4 is 23.6 Å². The molecule has 26 heavy (non-hydrogen) atoms. The number of anilines is 2. The van der Waals surface area contributed by atoms with Crippen LogP contribution in [0, 0.1) is 11.3 Å². The molecule has 134 valence electrons. The summed E-state index contributed by atoms with van der Waals surface area (Å²) in [6.45, 7) is 3.33. The number of amides is 2. The number of nitriles is 1. The van der Waals surface area contributed by atoms with Crippen LogP contribution >= 0.6 is 0 Å². The fourth-order valence-corrected chi connectivity index (χ4v) is 2.09. The molecule has 0 aromatic heterocycles. The van der Waals surface area contributed by atoms with Crippen molar-refractivity contribution in [2.45, 2.75) is 20.0 Å². The highest BCUT2D eigenvalue weighted by molar-refractivity contribution is 5.90. The van der Waals surface area contributed by atoms with Crippen molar-refractivity contribution in [1.29, 1.82) is 5.26 Å². The van der Waals surface area contributed by atoms with Gasteiger partial charge in [-0.15, -0.1) is 0 Å². The van der Waals surface area contributed by atoms with Crippen LogP contribution in [0.15, 0.2) is 54.6 Å². The molecule has 0 fully saturated rings. The fraction of sp³-hybridized carbons (Fsp3) is 0.211. The molecule has 7 heteroatoms. The third kappa shape index (κ3) is 5.53. The first-order chi connectivity index (χ1) is 12.5. The summed E-state index contributed by atoms with van der Waals surface area (Å²) in [5.41, 5.74) is 0.973. The van der Waals surface area contributed by atoms with Crippen LogP contribution in [0.3, 0.4) is 0 Å². The number of hydrogen-bond donors (Lipinski definition) is 1. The number of rotatable bonds is 5. The Balaban J connectivity index is 2.09. The molecule has 0 spiro atoms. The van der Waals surface area contributed by atoms with Crippen molar-refractivity contribution < 1.29 is 19.1 Å². The van der Waals surface area contributed by atoms with E-state index in [-0.39, 0.29) is 18.4 Å². The highest BCUT2D eigenvalue weighted by atomic mass is 16.6. The van der Waals surface area contributed by atoms with E-state index in [1.54, 1.807) is 56.3 Å². The fourth-order valence-electron chi connectivity index (χ4n) is 2.09. The molecule has 2 rings (SSSR count). The van der Waals surface area contributed by atoms with Gasteiger partial charge in [-0.1, -0.05) is 24.3 Å². The van der Waals surface area contributed by atoms with Gasteiger partial charge >= 0.3 is 12.2 Å². The molecular formula is C19H19N3O4. The van der Waals surface area contributed by atoms with Crippen molar-refractivity contribution in [2.24, 2.45) is 0 Å². The van der Waals surface area contributed by atoms with Gasteiger partial charge in [0, 0.05) is 17.4 Å². The summed E-state index contributed by atoms with van der Waals surface area (Å²) in [6.07, 6.45) is -1.54. The lowest BCUT2D eigenvalue weighted by atomic mass is 10.3. The van der Waals surface area contributed by atoms with Gasteiger partial charge in [0.2, 0.25) is 0 Å². The van der Waals surface area contributed by atoms with E-state index in [4.69, 9.17) is 14.7 Å². The zero-order chi connectivity index (χ0) is 18.9. The average Bonchev–Trinajstić information content (AvgIpc) is 2.59. The zero-order valence-corrected chi connectivity index (χ0v) is 14.5. The van der Waals surface area contributed by atoms with E-state index in [1.807, 2.05) is 12.1 Å². The highest BCUT2D eigenvalue weighted by Gasteiger charge is 2.18. The molecule has 0 aliphatic carbocycles. The Hall–Kier alpha value is -3.53. The molecule has 0 aliphatic rings. The van der Waals surface area contributed by atoms with Gasteiger partial charge < -0.3 is 9.47 Å². The number of nitrogens with one attached hydrogen (secondary N) is 1. The molecule has 2 amide bonds. The molecule has 1 N–H and O–H groups in total. The Morgan fingerprint density at radius 2 is 1.88 bits per heavy atom. The Labute approximate surface area is 151 Å². The van der Waals surface area contributed by atoms with Crippen molar-refractivity contribution in [3.63, 3.8) is 0 Å². The van der Waals surface area contributed by atoms with Crippen LogP contribution < -0.4 is 15.0 Å². The number of ether oxygens (including phenoxy) is 2. The van der Waals surface area contributed by atoms with E-state index in [2.05, 4.69) is 5.32 Å². The van der Waals surface area contributed by atoms with Crippen molar-refractivity contribution in [1.82, 2.24) is 0 Å². The molecule has 0 bridgehead atoms. The van der Waals surface area contributed by atoms with Crippen LogP contribution in [-0.2, 0) is 4.74 Å². The van der Waals surface area contributed by atoms with Gasteiger partial charge in [0.25, 0.3) is 0 Å².